The van der Waals surface area contributed by atoms with Crippen LogP contribution in [0.2, 0.25) is 0 Å². The van der Waals surface area contributed by atoms with E-state index in [-0.39, 0.29) is 5.97 Å². The number of carbonyl (C=O) groups excluding carboxylic acids is 1. The van der Waals surface area contributed by atoms with Crippen LogP contribution < -0.4 is 0 Å². The number of rotatable bonds is 4. The van der Waals surface area contributed by atoms with E-state index in [1.165, 1.54) is 0 Å². The molecule has 1 heterocycles. The third kappa shape index (κ3) is 3.12. The Labute approximate surface area is 84.4 Å². The molecule has 0 atom stereocenters. The second-order valence-electron chi connectivity index (χ2n) is 3.43. The molecule has 1 aliphatic rings. The fraction of sp³-hybridized carbons (Fsp3) is 0.500. The standard InChI is InChI=1S/C10H16N2O2/c1-9(2)10(13)14-7-6-12-5-4-11(3)8-12/h4-5H,1,6-8H2,2-3H3. The fourth-order valence-corrected chi connectivity index (χ4v) is 1.11. The molecule has 1 aliphatic heterocycles. The molecule has 0 unspecified atom stereocenters. The van der Waals surface area contributed by atoms with Crippen LogP contribution in [0.15, 0.2) is 24.6 Å². The molecule has 0 bridgehead atoms. The predicted octanol–water partition coefficient (Wildman–Crippen LogP) is 0.782. The highest BCUT2D eigenvalue weighted by Crippen LogP contribution is 2.02. The molecule has 4 nitrogen and oxygen atoms in total. The molecular weight excluding hydrogens is 180 g/mol. The molecule has 78 valence electrons. The molecule has 1 rings (SSSR count). The average Bonchev–Trinajstić information content (AvgIpc) is 2.51. The van der Waals surface area contributed by atoms with Gasteiger partial charge in [0.1, 0.15) is 6.61 Å². The van der Waals surface area contributed by atoms with Crippen molar-refractivity contribution in [3.8, 4) is 0 Å². The minimum atomic E-state index is -0.318. The van der Waals surface area contributed by atoms with E-state index in [2.05, 4.69) is 16.4 Å². The smallest absolute Gasteiger partial charge is 0.333 e. The van der Waals surface area contributed by atoms with Crippen molar-refractivity contribution in [1.29, 1.82) is 0 Å². The van der Waals surface area contributed by atoms with Crippen LogP contribution in [0.5, 0.6) is 0 Å². The lowest BCUT2D eigenvalue weighted by molar-refractivity contribution is -0.139. The zero-order valence-corrected chi connectivity index (χ0v) is 8.69. The Kier molecular flexibility index (Phi) is 3.56. The van der Waals surface area contributed by atoms with E-state index in [9.17, 15) is 4.79 Å². The monoisotopic (exact) mass is 196 g/mol. The normalized spacial score (nSPS) is 14.7. The third-order valence-electron chi connectivity index (χ3n) is 1.90. The maximum Gasteiger partial charge on any atom is 0.333 e. The molecule has 0 aliphatic carbocycles. The van der Waals surface area contributed by atoms with Crippen LogP contribution in [0.3, 0.4) is 0 Å². The molecule has 4 heteroatoms. The first kappa shape index (κ1) is 10.6. The van der Waals surface area contributed by atoms with Gasteiger partial charge in [-0.15, -0.1) is 0 Å². The predicted molar refractivity (Wildman–Crippen MR) is 54.2 cm³/mol. The van der Waals surface area contributed by atoms with Crippen LogP contribution in [0.25, 0.3) is 0 Å². The SMILES string of the molecule is C=C(C)C(=O)OCCN1C=CN(C)C1. The number of esters is 1. The largest absolute Gasteiger partial charge is 0.460 e. The van der Waals surface area contributed by atoms with Crippen molar-refractivity contribution in [1.82, 2.24) is 9.80 Å². The van der Waals surface area contributed by atoms with Gasteiger partial charge in [-0.1, -0.05) is 6.58 Å². The molecule has 0 saturated heterocycles. The van der Waals surface area contributed by atoms with Crippen molar-refractivity contribution in [3.63, 3.8) is 0 Å². The van der Waals surface area contributed by atoms with Crippen molar-refractivity contribution in [2.75, 3.05) is 26.9 Å². The Hall–Kier alpha value is -1.45. The highest BCUT2D eigenvalue weighted by Gasteiger charge is 2.09. The number of ether oxygens (including phenoxy) is 1. The van der Waals surface area contributed by atoms with Gasteiger partial charge in [-0.2, -0.15) is 0 Å². The third-order valence-corrected chi connectivity index (χ3v) is 1.90. The Morgan fingerprint density at radius 3 is 2.79 bits per heavy atom. The van der Waals surface area contributed by atoms with E-state index >= 15 is 0 Å². The highest BCUT2D eigenvalue weighted by molar-refractivity contribution is 5.86. The maximum atomic E-state index is 11.0. The summed E-state index contributed by atoms with van der Waals surface area (Å²) in [6.45, 7) is 7.13. The maximum absolute atomic E-state index is 11.0. The van der Waals surface area contributed by atoms with Gasteiger partial charge in [-0.25, -0.2) is 4.79 Å². The lowest BCUT2D eigenvalue weighted by atomic mass is 10.4. The van der Waals surface area contributed by atoms with Gasteiger partial charge in [0.05, 0.1) is 13.2 Å². The Bertz CT molecular complexity index is 261. The van der Waals surface area contributed by atoms with Crippen molar-refractivity contribution in [2.24, 2.45) is 0 Å². The average molecular weight is 196 g/mol. The van der Waals surface area contributed by atoms with Gasteiger partial charge in [0.2, 0.25) is 0 Å². The van der Waals surface area contributed by atoms with E-state index in [4.69, 9.17) is 4.74 Å². The molecule has 0 spiro atoms. The summed E-state index contributed by atoms with van der Waals surface area (Å²) < 4.78 is 4.97. The summed E-state index contributed by atoms with van der Waals surface area (Å²) in [4.78, 5) is 15.1. The Balaban J connectivity index is 2.13. The zero-order chi connectivity index (χ0) is 10.6. The van der Waals surface area contributed by atoms with Crippen molar-refractivity contribution >= 4 is 5.97 Å². The van der Waals surface area contributed by atoms with Gasteiger partial charge in [0.25, 0.3) is 0 Å². The molecule has 14 heavy (non-hydrogen) atoms. The van der Waals surface area contributed by atoms with E-state index in [1.807, 2.05) is 19.4 Å². The number of hydrogen-bond acceptors (Lipinski definition) is 4. The summed E-state index contributed by atoms with van der Waals surface area (Å²) in [5.41, 5.74) is 0.444. The van der Waals surface area contributed by atoms with E-state index in [0.717, 1.165) is 13.2 Å². The molecule has 0 aromatic rings. The fourth-order valence-electron chi connectivity index (χ4n) is 1.11. The number of nitrogens with zero attached hydrogens (tertiary/aromatic N) is 2. The Morgan fingerprint density at radius 1 is 1.57 bits per heavy atom. The van der Waals surface area contributed by atoms with Gasteiger partial charge in [0, 0.05) is 25.0 Å². The summed E-state index contributed by atoms with van der Waals surface area (Å²) in [5, 5.41) is 0. The summed E-state index contributed by atoms with van der Waals surface area (Å²) in [6, 6.07) is 0. The Morgan fingerprint density at radius 2 is 2.29 bits per heavy atom. The molecule has 0 fully saturated rings. The molecule has 0 saturated carbocycles. The topological polar surface area (TPSA) is 32.8 Å². The molecule has 0 aromatic heterocycles. The first-order valence-electron chi connectivity index (χ1n) is 4.55. The van der Waals surface area contributed by atoms with Gasteiger partial charge in [0.15, 0.2) is 0 Å². The van der Waals surface area contributed by atoms with Crippen LogP contribution in [-0.4, -0.2) is 42.6 Å². The zero-order valence-electron chi connectivity index (χ0n) is 8.69. The van der Waals surface area contributed by atoms with E-state index < -0.39 is 0 Å². The molecular formula is C10H16N2O2. The van der Waals surface area contributed by atoms with Crippen LogP contribution in [0, 0.1) is 0 Å². The number of hydrogen-bond donors (Lipinski definition) is 0. The highest BCUT2D eigenvalue weighted by atomic mass is 16.5. The van der Waals surface area contributed by atoms with E-state index in [1.54, 1.807) is 6.92 Å². The first-order valence-corrected chi connectivity index (χ1v) is 4.55. The number of carbonyl (C=O) groups is 1. The minimum Gasteiger partial charge on any atom is -0.460 e. The minimum absolute atomic E-state index is 0.318. The molecule has 0 aromatic carbocycles. The lowest BCUT2D eigenvalue weighted by Crippen LogP contribution is -2.26. The molecule has 0 amide bonds. The van der Waals surface area contributed by atoms with Crippen LogP contribution in [-0.2, 0) is 9.53 Å². The quantitative estimate of drug-likeness (QED) is 0.491. The lowest BCUT2D eigenvalue weighted by Gasteiger charge is -2.17. The van der Waals surface area contributed by atoms with Crippen LogP contribution in [0.4, 0.5) is 0 Å². The second-order valence-corrected chi connectivity index (χ2v) is 3.43. The van der Waals surface area contributed by atoms with Gasteiger partial charge < -0.3 is 14.5 Å². The van der Waals surface area contributed by atoms with Gasteiger partial charge >= 0.3 is 5.97 Å². The van der Waals surface area contributed by atoms with Gasteiger partial charge in [-0.05, 0) is 6.92 Å². The molecule has 0 radical (unpaired) electrons. The van der Waals surface area contributed by atoms with E-state index in [0.29, 0.717) is 12.2 Å². The van der Waals surface area contributed by atoms with Crippen molar-refractivity contribution in [3.05, 3.63) is 24.6 Å². The van der Waals surface area contributed by atoms with Crippen molar-refractivity contribution < 1.29 is 9.53 Å². The van der Waals surface area contributed by atoms with Crippen LogP contribution in [0.1, 0.15) is 6.92 Å². The van der Waals surface area contributed by atoms with Crippen molar-refractivity contribution in [2.45, 2.75) is 6.92 Å². The van der Waals surface area contributed by atoms with Gasteiger partial charge in [-0.3, -0.25) is 0 Å². The first-order chi connectivity index (χ1) is 6.59. The summed E-state index contributed by atoms with van der Waals surface area (Å²) in [5.74, 6) is -0.318. The summed E-state index contributed by atoms with van der Waals surface area (Å²) >= 11 is 0. The molecule has 0 N–H and O–H groups in total. The summed E-state index contributed by atoms with van der Waals surface area (Å²) in [7, 11) is 2.00. The second kappa shape index (κ2) is 4.69. The summed E-state index contributed by atoms with van der Waals surface area (Å²) in [6.07, 6.45) is 3.97. The van der Waals surface area contributed by atoms with Crippen LogP contribution >= 0.6 is 0 Å².